The van der Waals surface area contributed by atoms with Crippen molar-refractivity contribution >= 4 is 17.2 Å². The fraction of sp³-hybridized carbons (Fsp3) is 0.214. The summed E-state index contributed by atoms with van der Waals surface area (Å²) in [6, 6.07) is 13.0. The zero-order chi connectivity index (χ0) is 13.0. The number of aliphatic hydroxyl groups excluding tert-OH is 1. The first kappa shape index (κ1) is 12.8. The van der Waals surface area contributed by atoms with E-state index in [0.717, 1.165) is 10.4 Å². The van der Waals surface area contributed by atoms with Crippen molar-refractivity contribution in [2.45, 2.75) is 13.0 Å². The normalized spacial score (nSPS) is 12.1. The molecule has 0 aliphatic carbocycles. The Morgan fingerprint density at radius 3 is 2.61 bits per heavy atom. The number of aliphatic hydroxyl groups is 1. The fourth-order valence-corrected chi connectivity index (χ4v) is 2.41. The summed E-state index contributed by atoms with van der Waals surface area (Å²) in [5.74, 6) is -0.136. The molecule has 3 nitrogen and oxygen atoms in total. The lowest BCUT2D eigenvalue weighted by atomic mass is 10.1. The number of nitrogens with one attached hydrogen (secondary N) is 1. The molecule has 0 unspecified atom stereocenters. The summed E-state index contributed by atoms with van der Waals surface area (Å²) >= 11 is 1.45. The van der Waals surface area contributed by atoms with Crippen molar-refractivity contribution in [1.29, 1.82) is 0 Å². The minimum Gasteiger partial charge on any atom is -0.387 e. The molecule has 1 atom stereocenters. The van der Waals surface area contributed by atoms with E-state index in [1.54, 1.807) is 6.07 Å². The van der Waals surface area contributed by atoms with Crippen LogP contribution in [0.4, 0.5) is 0 Å². The molecule has 2 rings (SSSR count). The average Bonchev–Trinajstić information content (AvgIpc) is 2.83. The van der Waals surface area contributed by atoms with Crippen LogP contribution in [-0.2, 0) is 0 Å². The average molecular weight is 261 g/mol. The van der Waals surface area contributed by atoms with Crippen LogP contribution < -0.4 is 5.32 Å². The molecule has 4 heteroatoms. The highest BCUT2D eigenvalue weighted by atomic mass is 32.1. The van der Waals surface area contributed by atoms with Gasteiger partial charge in [-0.3, -0.25) is 4.79 Å². The van der Waals surface area contributed by atoms with Gasteiger partial charge in [0.2, 0.25) is 0 Å². The van der Waals surface area contributed by atoms with Gasteiger partial charge in [-0.2, -0.15) is 0 Å². The topological polar surface area (TPSA) is 49.3 Å². The third-order valence-corrected chi connectivity index (χ3v) is 3.60. The molecule has 0 saturated carbocycles. The number of carbonyl (C=O) groups is 1. The first-order chi connectivity index (χ1) is 8.66. The van der Waals surface area contributed by atoms with E-state index in [4.69, 9.17) is 0 Å². The van der Waals surface area contributed by atoms with E-state index in [9.17, 15) is 9.90 Å². The maximum atomic E-state index is 11.8. The molecule has 1 aromatic carbocycles. The van der Waals surface area contributed by atoms with Crippen molar-refractivity contribution in [2.75, 3.05) is 6.54 Å². The van der Waals surface area contributed by atoms with Gasteiger partial charge >= 0.3 is 0 Å². The van der Waals surface area contributed by atoms with Gasteiger partial charge in [-0.1, -0.05) is 30.3 Å². The number of hydrogen-bond acceptors (Lipinski definition) is 3. The van der Waals surface area contributed by atoms with Crippen LogP contribution in [0, 0.1) is 6.92 Å². The maximum Gasteiger partial charge on any atom is 0.261 e. The van der Waals surface area contributed by atoms with E-state index in [1.165, 1.54) is 11.3 Å². The molecule has 0 bridgehead atoms. The van der Waals surface area contributed by atoms with Gasteiger partial charge in [0.25, 0.3) is 5.91 Å². The third-order valence-electron chi connectivity index (χ3n) is 2.60. The van der Waals surface area contributed by atoms with E-state index < -0.39 is 6.10 Å². The summed E-state index contributed by atoms with van der Waals surface area (Å²) in [6.07, 6.45) is -0.670. The van der Waals surface area contributed by atoms with Crippen molar-refractivity contribution in [2.24, 2.45) is 0 Å². The third kappa shape index (κ3) is 3.18. The van der Waals surface area contributed by atoms with Gasteiger partial charge in [0.15, 0.2) is 0 Å². The van der Waals surface area contributed by atoms with Gasteiger partial charge in [-0.05, 0) is 24.6 Å². The largest absolute Gasteiger partial charge is 0.387 e. The summed E-state index contributed by atoms with van der Waals surface area (Å²) in [6.45, 7) is 2.18. The van der Waals surface area contributed by atoms with Gasteiger partial charge in [0.1, 0.15) is 0 Å². The van der Waals surface area contributed by atoms with Crippen molar-refractivity contribution in [3.63, 3.8) is 0 Å². The van der Waals surface area contributed by atoms with Crippen LogP contribution in [0.15, 0.2) is 42.5 Å². The summed E-state index contributed by atoms with van der Waals surface area (Å²) in [4.78, 5) is 13.6. The van der Waals surface area contributed by atoms with Gasteiger partial charge in [-0.25, -0.2) is 0 Å². The number of amides is 1. The lowest BCUT2D eigenvalue weighted by Gasteiger charge is -2.11. The standard InChI is InChI=1S/C14H15NO2S/c1-10-7-8-13(18-10)14(17)15-9-12(16)11-5-3-2-4-6-11/h2-8,12,16H,9H2,1H3,(H,15,17)/t12-/m0/s1. The van der Waals surface area contributed by atoms with E-state index in [0.29, 0.717) is 4.88 Å². The van der Waals surface area contributed by atoms with Gasteiger partial charge in [0.05, 0.1) is 11.0 Å². The van der Waals surface area contributed by atoms with Crippen LogP contribution in [0.1, 0.15) is 26.2 Å². The molecule has 18 heavy (non-hydrogen) atoms. The SMILES string of the molecule is Cc1ccc(C(=O)NC[C@H](O)c2ccccc2)s1. The van der Waals surface area contributed by atoms with Crippen LogP contribution in [0.25, 0.3) is 0 Å². The highest BCUT2D eigenvalue weighted by Gasteiger charge is 2.11. The summed E-state index contributed by atoms with van der Waals surface area (Å²) in [5, 5.41) is 12.6. The number of benzene rings is 1. The molecule has 0 aliphatic rings. The predicted octanol–water partition coefficient (Wildman–Crippen LogP) is 2.52. The minimum atomic E-state index is -0.670. The maximum absolute atomic E-state index is 11.8. The number of rotatable bonds is 4. The first-order valence-electron chi connectivity index (χ1n) is 5.74. The highest BCUT2D eigenvalue weighted by molar-refractivity contribution is 7.13. The Bertz CT molecular complexity index is 522. The van der Waals surface area contributed by atoms with E-state index >= 15 is 0 Å². The first-order valence-corrected chi connectivity index (χ1v) is 6.56. The van der Waals surface area contributed by atoms with E-state index in [-0.39, 0.29) is 12.5 Å². The quantitative estimate of drug-likeness (QED) is 0.888. The Labute approximate surface area is 110 Å². The lowest BCUT2D eigenvalue weighted by molar-refractivity contribution is 0.0920. The molecule has 1 amide bonds. The second-order valence-electron chi connectivity index (χ2n) is 4.05. The Balaban J connectivity index is 1.90. The summed E-state index contributed by atoms with van der Waals surface area (Å²) in [7, 11) is 0. The highest BCUT2D eigenvalue weighted by Crippen LogP contribution is 2.15. The van der Waals surface area contributed by atoms with Crippen LogP contribution in [0.5, 0.6) is 0 Å². The number of carbonyl (C=O) groups excluding carboxylic acids is 1. The molecule has 1 heterocycles. The fourth-order valence-electron chi connectivity index (χ4n) is 1.63. The molecular weight excluding hydrogens is 246 g/mol. The minimum absolute atomic E-state index is 0.136. The Kier molecular flexibility index (Phi) is 4.12. The Hall–Kier alpha value is -1.65. The molecule has 2 N–H and O–H groups in total. The van der Waals surface area contributed by atoms with Crippen molar-refractivity contribution in [3.8, 4) is 0 Å². The van der Waals surface area contributed by atoms with Crippen LogP contribution >= 0.6 is 11.3 Å². The van der Waals surface area contributed by atoms with Crippen LogP contribution in [0.2, 0.25) is 0 Å². The smallest absolute Gasteiger partial charge is 0.261 e. The zero-order valence-corrected chi connectivity index (χ0v) is 10.9. The van der Waals surface area contributed by atoms with E-state index in [1.807, 2.05) is 43.3 Å². The van der Waals surface area contributed by atoms with Crippen molar-refractivity contribution < 1.29 is 9.90 Å². The molecular formula is C14H15NO2S. The Morgan fingerprint density at radius 2 is 2.00 bits per heavy atom. The second-order valence-corrected chi connectivity index (χ2v) is 5.33. The lowest BCUT2D eigenvalue weighted by Crippen LogP contribution is -2.27. The zero-order valence-electron chi connectivity index (χ0n) is 10.1. The van der Waals surface area contributed by atoms with Crippen LogP contribution in [-0.4, -0.2) is 17.6 Å². The molecule has 0 fully saturated rings. The summed E-state index contributed by atoms with van der Waals surface area (Å²) < 4.78 is 0. The molecule has 0 aliphatic heterocycles. The molecule has 0 radical (unpaired) electrons. The van der Waals surface area contributed by atoms with Crippen LogP contribution in [0.3, 0.4) is 0 Å². The number of hydrogen-bond donors (Lipinski definition) is 2. The predicted molar refractivity (Wildman–Crippen MR) is 72.8 cm³/mol. The van der Waals surface area contributed by atoms with Gasteiger partial charge in [-0.15, -0.1) is 11.3 Å². The second kappa shape index (κ2) is 5.80. The molecule has 1 aromatic heterocycles. The number of thiophene rings is 1. The van der Waals surface area contributed by atoms with Gasteiger partial charge in [0, 0.05) is 11.4 Å². The molecule has 94 valence electrons. The van der Waals surface area contributed by atoms with Crippen molar-refractivity contribution in [3.05, 3.63) is 57.8 Å². The van der Waals surface area contributed by atoms with E-state index in [2.05, 4.69) is 5.32 Å². The molecule has 0 saturated heterocycles. The number of aryl methyl sites for hydroxylation is 1. The summed E-state index contributed by atoms with van der Waals surface area (Å²) in [5.41, 5.74) is 0.806. The Morgan fingerprint density at radius 1 is 1.28 bits per heavy atom. The molecule has 2 aromatic rings. The monoisotopic (exact) mass is 261 g/mol. The molecule has 0 spiro atoms. The van der Waals surface area contributed by atoms with Crippen molar-refractivity contribution in [1.82, 2.24) is 5.32 Å². The van der Waals surface area contributed by atoms with Gasteiger partial charge < -0.3 is 10.4 Å².